The van der Waals surface area contributed by atoms with E-state index in [-0.39, 0.29) is 5.41 Å². The number of fused-ring (bicyclic) bond motifs is 3. The molecule has 0 amide bonds. The Labute approximate surface area is 147 Å². The van der Waals surface area contributed by atoms with Crippen molar-refractivity contribution in [1.82, 2.24) is 14.6 Å². The normalized spacial score (nSPS) is 30.7. The van der Waals surface area contributed by atoms with Gasteiger partial charge in [0.2, 0.25) is 0 Å². The summed E-state index contributed by atoms with van der Waals surface area (Å²) in [5, 5.41) is 8.85. The molecule has 2 aromatic rings. The van der Waals surface area contributed by atoms with Crippen LogP contribution in [0.25, 0.3) is 5.65 Å². The van der Waals surface area contributed by atoms with Gasteiger partial charge in [-0.1, -0.05) is 31.4 Å². The minimum atomic E-state index is 0.247. The average molecular weight is 346 g/mol. The molecule has 128 valence electrons. The third-order valence-corrected chi connectivity index (χ3v) is 6.91. The van der Waals surface area contributed by atoms with Gasteiger partial charge in [-0.2, -0.15) is 9.61 Å². The topological polar surface area (TPSA) is 68.2 Å². The molecule has 5 nitrogen and oxygen atoms in total. The number of nitrogens with zero attached hydrogens (tertiary/aromatic N) is 3. The van der Waals surface area contributed by atoms with Crippen LogP contribution in [0.1, 0.15) is 56.7 Å². The third kappa shape index (κ3) is 1.91. The molecule has 6 heteroatoms. The molecule has 24 heavy (non-hydrogen) atoms. The number of rotatable bonds is 2. The molecule has 3 aliphatic carbocycles. The predicted molar refractivity (Wildman–Crippen MR) is 95.6 cm³/mol. The number of nitrogens with two attached hydrogens (primary N) is 1. The Bertz CT molecular complexity index is 801. The Hall–Kier alpha value is -1.33. The summed E-state index contributed by atoms with van der Waals surface area (Å²) in [6.45, 7) is 2.39. The number of nitrogens with one attached hydrogen (secondary N) is 1. The van der Waals surface area contributed by atoms with Crippen molar-refractivity contribution < 1.29 is 0 Å². The smallest absolute Gasteiger partial charge is 0.176 e. The van der Waals surface area contributed by atoms with Crippen molar-refractivity contribution in [2.45, 2.75) is 69.4 Å². The molecule has 0 bridgehead atoms. The summed E-state index contributed by atoms with van der Waals surface area (Å²) in [6.07, 6.45) is 9.96. The fraction of sp³-hybridized carbons (Fsp3) is 0.667. The zero-order valence-corrected chi connectivity index (χ0v) is 14.8. The molecule has 2 saturated carbocycles. The van der Waals surface area contributed by atoms with E-state index in [0.29, 0.717) is 23.0 Å². The summed E-state index contributed by atoms with van der Waals surface area (Å²) in [5.41, 5.74) is 9.66. The Morgan fingerprint density at radius 2 is 2.08 bits per heavy atom. The van der Waals surface area contributed by atoms with Gasteiger partial charge in [0.15, 0.2) is 5.65 Å². The number of halogens is 1. The minimum Gasteiger partial charge on any atom is -0.367 e. The zero-order chi connectivity index (χ0) is 16.5. The van der Waals surface area contributed by atoms with E-state index < -0.39 is 0 Å². The second kappa shape index (κ2) is 5.09. The van der Waals surface area contributed by atoms with Crippen LogP contribution in [0.5, 0.6) is 0 Å². The van der Waals surface area contributed by atoms with Crippen molar-refractivity contribution in [2.24, 2.45) is 11.7 Å². The van der Waals surface area contributed by atoms with Crippen molar-refractivity contribution in [2.75, 3.05) is 5.32 Å². The summed E-state index contributed by atoms with van der Waals surface area (Å²) in [5.74, 6) is 1.74. The molecule has 0 aromatic carbocycles. The molecule has 1 unspecified atom stereocenters. The van der Waals surface area contributed by atoms with Gasteiger partial charge in [-0.25, -0.2) is 4.98 Å². The van der Waals surface area contributed by atoms with Crippen molar-refractivity contribution >= 4 is 23.1 Å². The Balaban J connectivity index is 1.68. The molecule has 0 radical (unpaired) electrons. The van der Waals surface area contributed by atoms with E-state index in [1.807, 2.05) is 4.52 Å². The Kier molecular flexibility index (Phi) is 3.17. The fourth-order valence-electron chi connectivity index (χ4n) is 5.20. The summed E-state index contributed by atoms with van der Waals surface area (Å²) >= 11 is 6.39. The maximum atomic E-state index is 6.39. The second-order valence-electron chi connectivity index (χ2n) is 8.06. The van der Waals surface area contributed by atoms with E-state index in [9.17, 15) is 0 Å². The van der Waals surface area contributed by atoms with Gasteiger partial charge in [-0.3, -0.25) is 0 Å². The molecular formula is C18H24ClN5. The van der Waals surface area contributed by atoms with Crippen LogP contribution in [0.3, 0.4) is 0 Å². The largest absolute Gasteiger partial charge is 0.367 e. The Morgan fingerprint density at radius 3 is 2.79 bits per heavy atom. The highest BCUT2D eigenvalue weighted by Crippen LogP contribution is 2.54. The monoisotopic (exact) mass is 345 g/mol. The van der Waals surface area contributed by atoms with Crippen LogP contribution in [0.15, 0.2) is 6.20 Å². The van der Waals surface area contributed by atoms with E-state index in [2.05, 4.69) is 17.3 Å². The molecule has 2 fully saturated rings. The molecule has 2 heterocycles. The van der Waals surface area contributed by atoms with Gasteiger partial charge in [0.25, 0.3) is 0 Å². The van der Waals surface area contributed by atoms with Crippen LogP contribution in [-0.2, 0) is 11.8 Å². The lowest BCUT2D eigenvalue weighted by Gasteiger charge is -2.34. The highest BCUT2D eigenvalue weighted by molar-refractivity contribution is 6.33. The van der Waals surface area contributed by atoms with Gasteiger partial charge >= 0.3 is 0 Å². The van der Waals surface area contributed by atoms with Crippen molar-refractivity contribution in [3.05, 3.63) is 22.5 Å². The molecule has 1 spiro atoms. The standard InChI is InChI=1S/C18H24ClN5/c1-10-6-13-15(18(10)4-2-3-5-18)23-17-14(19)9-21-24(17)16(13)22-12-7-11(20)8-12/h9-12,22H,2-8,20H2,1H3/t10?,11-,12-. The van der Waals surface area contributed by atoms with E-state index in [1.54, 1.807) is 6.20 Å². The van der Waals surface area contributed by atoms with Gasteiger partial charge in [0.1, 0.15) is 10.8 Å². The highest BCUT2D eigenvalue weighted by Gasteiger charge is 2.49. The second-order valence-corrected chi connectivity index (χ2v) is 8.46. The first-order valence-corrected chi connectivity index (χ1v) is 9.55. The van der Waals surface area contributed by atoms with Gasteiger partial charge in [-0.15, -0.1) is 0 Å². The first-order chi connectivity index (χ1) is 11.6. The fourth-order valence-corrected chi connectivity index (χ4v) is 5.36. The maximum Gasteiger partial charge on any atom is 0.176 e. The average Bonchev–Trinajstić information content (AvgIpc) is 3.21. The predicted octanol–water partition coefficient (Wildman–Crippen LogP) is 3.29. The van der Waals surface area contributed by atoms with Gasteiger partial charge < -0.3 is 11.1 Å². The minimum absolute atomic E-state index is 0.247. The lowest BCUT2D eigenvalue weighted by Crippen LogP contribution is -2.45. The first-order valence-electron chi connectivity index (χ1n) is 9.17. The quantitative estimate of drug-likeness (QED) is 0.876. The van der Waals surface area contributed by atoms with E-state index in [0.717, 1.165) is 30.7 Å². The SMILES string of the molecule is CC1Cc2c(nc3c(Cl)cnn3c2N[C@H]2C[C@H](N)C2)C12CCCC2. The molecule has 3 N–H and O–H groups in total. The molecule has 2 aromatic heterocycles. The number of anilines is 1. The van der Waals surface area contributed by atoms with E-state index in [4.69, 9.17) is 22.3 Å². The van der Waals surface area contributed by atoms with Crippen molar-refractivity contribution in [1.29, 1.82) is 0 Å². The number of hydrogen-bond acceptors (Lipinski definition) is 4. The highest BCUT2D eigenvalue weighted by atomic mass is 35.5. The molecule has 0 saturated heterocycles. The lowest BCUT2D eigenvalue weighted by molar-refractivity contribution is 0.316. The third-order valence-electron chi connectivity index (χ3n) is 6.64. The van der Waals surface area contributed by atoms with Crippen LogP contribution < -0.4 is 11.1 Å². The zero-order valence-electron chi connectivity index (χ0n) is 14.1. The molecule has 0 aliphatic heterocycles. The molecule has 5 rings (SSSR count). The number of hydrogen-bond donors (Lipinski definition) is 2. The maximum absolute atomic E-state index is 6.39. The van der Waals surface area contributed by atoms with Gasteiger partial charge in [-0.05, 0) is 38.0 Å². The molecule has 1 atom stereocenters. The summed E-state index contributed by atoms with van der Waals surface area (Å²) < 4.78 is 1.91. The lowest BCUT2D eigenvalue weighted by atomic mass is 9.76. The van der Waals surface area contributed by atoms with Crippen LogP contribution >= 0.6 is 11.6 Å². The summed E-state index contributed by atoms with van der Waals surface area (Å²) in [6, 6.07) is 0.766. The van der Waals surface area contributed by atoms with Crippen molar-refractivity contribution in [3.8, 4) is 0 Å². The van der Waals surface area contributed by atoms with Crippen LogP contribution in [0.2, 0.25) is 5.02 Å². The summed E-state index contributed by atoms with van der Waals surface area (Å²) in [7, 11) is 0. The number of aromatic nitrogens is 3. The van der Waals surface area contributed by atoms with Crippen LogP contribution in [0, 0.1) is 5.92 Å². The van der Waals surface area contributed by atoms with E-state index in [1.165, 1.54) is 36.9 Å². The molecule has 3 aliphatic rings. The van der Waals surface area contributed by atoms with Crippen molar-refractivity contribution in [3.63, 3.8) is 0 Å². The van der Waals surface area contributed by atoms with Gasteiger partial charge in [0, 0.05) is 23.1 Å². The van der Waals surface area contributed by atoms with Crippen LogP contribution in [0.4, 0.5) is 5.82 Å². The Morgan fingerprint density at radius 1 is 1.33 bits per heavy atom. The van der Waals surface area contributed by atoms with Crippen LogP contribution in [-0.4, -0.2) is 26.7 Å². The molecular weight excluding hydrogens is 322 g/mol. The first kappa shape index (κ1) is 15.0. The van der Waals surface area contributed by atoms with Gasteiger partial charge in [0.05, 0.1) is 11.9 Å². The summed E-state index contributed by atoms with van der Waals surface area (Å²) in [4.78, 5) is 5.03. The van der Waals surface area contributed by atoms with E-state index >= 15 is 0 Å².